The van der Waals surface area contributed by atoms with Crippen molar-refractivity contribution in [1.82, 2.24) is 0 Å². The van der Waals surface area contributed by atoms with Gasteiger partial charge in [0.25, 0.3) is 0 Å². The number of benzene rings is 1. The largest absolute Gasteiger partial charge is 0.481 e. The van der Waals surface area contributed by atoms with Gasteiger partial charge >= 0.3 is 5.97 Å². The van der Waals surface area contributed by atoms with Gasteiger partial charge in [0.05, 0.1) is 5.56 Å². The Kier molecular flexibility index (Phi) is 3.48. The van der Waals surface area contributed by atoms with Crippen molar-refractivity contribution in [2.75, 3.05) is 6.61 Å². The molecular formula is C9H6BrNO3. The van der Waals surface area contributed by atoms with E-state index >= 15 is 0 Å². The normalized spacial score (nSPS) is 9.14. The lowest BCUT2D eigenvalue weighted by atomic mass is 10.2. The number of nitrogens with zero attached hydrogens (tertiary/aromatic N) is 1. The first-order chi connectivity index (χ1) is 6.63. The number of carboxylic acid groups (broad SMARTS) is 1. The van der Waals surface area contributed by atoms with Crippen LogP contribution in [0, 0.1) is 11.3 Å². The van der Waals surface area contributed by atoms with Crippen LogP contribution in [0.1, 0.15) is 5.56 Å². The van der Waals surface area contributed by atoms with E-state index in [9.17, 15) is 4.79 Å². The van der Waals surface area contributed by atoms with Crippen molar-refractivity contribution in [3.05, 3.63) is 28.2 Å². The minimum absolute atomic E-state index is 0.276. The molecule has 0 bridgehead atoms. The molecule has 0 aliphatic carbocycles. The van der Waals surface area contributed by atoms with Crippen molar-refractivity contribution in [3.8, 4) is 11.8 Å². The van der Waals surface area contributed by atoms with Crippen molar-refractivity contribution >= 4 is 21.9 Å². The molecule has 0 aliphatic rings. The smallest absolute Gasteiger partial charge is 0.341 e. The third-order valence-corrected chi connectivity index (χ3v) is 1.91. The molecule has 72 valence electrons. The second kappa shape index (κ2) is 4.63. The van der Waals surface area contributed by atoms with Crippen LogP contribution in [0.2, 0.25) is 0 Å². The predicted octanol–water partition coefficient (Wildman–Crippen LogP) is 1.78. The maximum absolute atomic E-state index is 10.2. The molecule has 0 aliphatic heterocycles. The van der Waals surface area contributed by atoms with Crippen molar-refractivity contribution in [3.63, 3.8) is 0 Å². The van der Waals surface area contributed by atoms with Crippen molar-refractivity contribution < 1.29 is 14.6 Å². The summed E-state index contributed by atoms with van der Waals surface area (Å²) in [5, 5.41) is 17.1. The van der Waals surface area contributed by atoms with Crippen molar-refractivity contribution in [2.24, 2.45) is 0 Å². The first-order valence-corrected chi connectivity index (χ1v) is 4.47. The fourth-order valence-electron chi connectivity index (χ4n) is 0.855. The van der Waals surface area contributed by atoms with Crippen LogP contribution in [0.3, 0.4) is 0 Å². The quantitative estimate of drug-likeness (QED) is 0.894. The van der Waals surface area contributed by atoms with E-state index in [0.29, 0.717) is 5.56 Å². The minimum atomic E-state index is -1.07. The topological polar surface area (TPSA) is 70.3 Å². The lowest BCUT2D eigenvalue weighted by Gasteiger charge is -2.04. The third kappa shape index (κ3) is 2.75. The molecule has 0 unspecified atom stereocenters. The molecular weight excluding hydrogens is 250 g/mol. The van der Waals surface area contributed by atoms with Crippen molar-refractivity contribution in [2.45, 2.75) is 0 Å². The zero-order chi connectivity index (χ0) is 10.6. The molecule has 0 spiro atoms. The van der Waals surface area contributed by atoms with Crippen molar-refractivity contribution in [1.29, 1.82) is 5.26 Å². The van der Waals surface area contributed by atoms with Gasteiger partial charge in [0, 0.05) is 4.47 Å². The van der Waals surface area contributed by atoms with Crippen LogP contribution in [-0.2, 0) is 4.79 Å². The highest BCUT2D eigenvalue weighted by molar-refractivity contribution is 9.10. The van der Waals surface area contributed by atoms with Gasteiger partial charge in [-0.2, -0.15) is 5.26 Å². The maximum Gasteiger partial charge on any atom is 0.341 e. The molecule has 0 aromatic heterocycles. The number of carbonyl (C=O) groups is 1. The molecule has 0 saturated heterocycles. The summed E-state index contributed by atoms with van der Waals surface area (Å²) in [4.78, 5) is 10.2. The van der Waals surface area contributed by atoms with E-state index in [1.54, 1.807) is 18.2 Å². The molecule has 1 N–H and O–H groups in total. The van der Waals surface area contributed by atoms with Crippen LogP contribution in [0.25, 0.3) is 0 Å². The number of carboxylic acids is 1. The Labute approximate surface area is 88.9 Å². The monoisotopic (exact) mass is 255 g/mol. The summed E-state index contributed by atoms with van der Waals surface area (Å²) < 4.78 is 5.65. The molecule has 0 radical (unpaired) electrons. The highest BCUT2D eigenvalue weighted by atomic mass is 79.9. The third-order valence-electron chi connectivity index (χ3n) is 1.41. The zero-order valence-electron chi connectivity index (χ0n) is 7.03. The van der Waals surface area contributed by atoms with Gasteiger partial charge in [-0.25, -0.2) is 4.79 Å². The predicted molar refractivity (Wildman–Crippen MR) is 52.0 cm³/mol. The lowest BCUT2D eigenvalue weighted by Crippen LogP contribution is -2.10. The highest BCUT2D eigenvalue weighted by Crippen LogP contribution is 2.22. The van der Waals surface area contributed by atoms with Crippen LogP contribution in [0.15, 0.2) is 22.7 Å². The SMILES string of the molecule is N#Cc1cc(Br)ccc1OCC(=O)O. The fourth-order valence-corrected chi connectivity index (χ4v) is 1.22. The van der Waals surface area contributed by atoms with E-state index in [2.05, 4.69) is 15.9 Å². The van der Waals surface area contributed by atoms with Crippen LogP contribution in [0.5, 0.6) is 5.75 Å². The summed E-state index contributed by atoms with van der Waals surface area (Å²) in [5.74, 6) is -0.796. The number of hydrogen-bond donors (Lipinski definition) is 1. The molecule has 1 aromatic rings. The summed E-state index contributed by atoms with van der Waals surface area (Å²) in [6.07, 6.45) is 0. The Hall–Kier alpha value is -1.54. The first kappa shape index (κ1) is 10.5. The van der Waals surface area contributed by atoms with E-state index < -0.39 is 12.6 Å². The Morgan fingerprint density at radius 1 is 1.64 bits per heavy atom. The Morgan fingerprint density at radius 2 is 2.36 bits per heavy atom. The first-order valence-electron chi connectivity index (χ1n) is 3.67. The number of rotatable bonds is 3. The molecule has 0 heterocycles. The van der Waals surface area contributed by atoms with Crippen LogP contribution in [-0.4, -0.2) is 17.7 Å². The van der Waals surface area contributed by atoms with Gasteiger partial charge in [-0.05, 0) is 18.2 Å². The molecule has 1 aromatic carbocycles. The molecule has 0 fully saturated rings. The summed E-state index contributed by atoms with van der Waals surface area (Å²) in [7, 11) is 0. The molecule has 5 heteroatoms. The van der Waals surface area contributed by atoms with Gasteiger partial charge in [-0.1, -0.05) is 15.9 Å². The number of nitriles is 1. The van der Waals surface area contributed by atoms with Gasteiger partial charge in [-0.3, -0.25) is 0 Å². The summed E-state index contributed by atoms with van der Waals surface area (Å²) in [6.45, 7) is -0.448. The van der Waals surface area contributed by atoms with Crippen LogP contribution in [0.4, 0.5) is 0 Å². The molecule has 0 atom stereocenters. The van der Waals surface area contributed by atoms with E-state index in [-0.39, 0.29) is 5.75 Å². The molecule has 1 rings (SSSR count). The van der Waals surface area contributed by atoms with E-state index in [1.807, 2.05) is 6.07 Å². The van der Waals surface area contributed by atoms with E-state index in [1.165, 1.54) is 0 Å². The van der Waals surface area contributed by atoms with Gasteiger partial charge < -0.3 is 9.84 Å². The Bertz CT molecular complexity index is 398. The Balaban J connectivity index is 2.87. The van der Waals surface area contributed by atoms with Gasteiger partial charge in [0.1, 0.15) is 11.8 Å². The maximum atomic E-state index is 10.2. The molecule has 0 amide bonds. The summed E-state index contributed by atoms with van der Waals surface area (Å²) in [6, 6.07) is 6.70. The number of halogens is 1. The second-order valence-electron chi connectivity index (χ2n) is 2.43. The van der Waals surface area contributed by atoms with Gasteiger partial charge in [0.15, 0.2) is 6.61 Å². The standard InChI is InChI=1S/C9H6BrNO3/c10-7-1-2-8(6(3-7)4-11)14-5-9(12)13/h1-3H,5H2,(H,12,13). The molecule has 4 nitrogen and oxygen atoms in total. The second-order valence-corrected chi connectivity index (χ2v) is 3.35. The fraction of sp³-hybridized carbons (Fsp3) is 0.111. The van der Waals surface area contributed by atoms with Gasteiger partial charge in [0.2, 0.25) is 0 Å². The Morgan fingerprint density at radius 3 is 2.93 bits per heavy atom. The van der Waals surface area contributed by atoms with Crippen LogP contribution >= 0.6 is 15.9 Å². The number of hydrogen-bond acceptors (Lipinski definition) is 3. The molecule has 0 saturated carbocycles. The average Bonchev–Trinajstić information content (AvgIpc) is 2.15. The lowest BCUT2D eigenvalue weighted by molar-refractivity contribution is -0.139. The highest BCUT2D eigenvalue weighted by Gasteiger charge is 2.05. The minimum Gasteiger partial charge on any atom is -0.481 e. The van der Waals surface area contributed by atoms with Gasteiger partial charge in [-0.15, -0.1) is 0 Å². The average molecular weight is 256 g/mol. The van der Waals surface area contributed by atoms with E-state index in [4.69, 9.17) is 15.1 Å². The zero-order valence-corrected chi connectivity index (χ0v) is 8.61. The summed E-state index contributed by atoms with van der Waals surface area (Å²) >= 11 is 3.19. The van der Waals surface area contributed by atoms with Crippen LogP contribution < -0.4 is 4.74 Å². The molecule has 14 heavy (non-hydrogen) atoms. The summed E-state index contributed by atoms with van der Waals surface area (Å²) in [5.41, 5.74) is 0.306. The number of ether oxygens (including phenoxy) is 1. The van der Waals surface area contributed by atoms with E-state index in [0.717, 1.165) is 4.47 Å². The number of aliphatic carboxylic acids is 1.